The van der Waals surface area contributed by atoms with Crippen molar-refractivity contribution in [2.24, 2.45) is 0 Å². The Morgan fingerprint density at radius 2 is 1.77 bits per heavy atom. The number of carbonyl (C=O) groups excluding carboxylic acids is 2. The van der Waals surface area contributed by atoms with Crippen LogP contribution in [-0.2, 0) is 18.8 Å². The van der Waals surface area contributed by atoms with Crippen LogP contribution in [0.5, 0.6) is 0 Å². The number of piperidine rings is 1. The van der Waals surface area contributed by atoms with Gasteiger partial charge in [-0.05, 0) is 68.2 Å². The first kappa shape index (κ1) is 27.2. The highest BCUT2D eigenvalue weighted by Crippen LogP contribution is 2.36. The molecule has 2 aliphatic heterocycles. The van der Waals surface area contributed by atoms with Gasteiger partial charge in [-0.1, -0.05) is 0 Å². The number of nitrogens with one attached hydrogen (secondary N) is 1. The Kier molecular flexibility index (Phi) is 7.71. The van der Waals surface area contributed by atoms with E-state index in [1.807, 2.05) is 39.6 Å². The first-order valence-corrected chi connectivity index (χ1v) is 12.3. The van der Waals surface area contributed by atoms with E-state index in [0.717, 1.165) is 18.3 Å². The molecule has 0 unspecified atom stereocenters. The minimum Gasteiger partial charge on any atom is -0.444 e. The SMILES string of the molecule is C[C@@H](NC(=O)OC(C)(C)C)C(=O)N1CCC[C@@H](N(C)c2ncc(B3OC(C)(C)C(C)(C)O3)cn2)C1. The highest BCUT2D eigenvalue weighted by molar-refractivity contribution is 6.61. The third-order valence-corrected chi connectivity index (χ3v) is 6.86. The van der Waals surface area contributed by atoms with E-state index in [-0.39, 0.29) is 11.9 Å². The van der Waals surface area contributed by atoms with E-state index in [1.54, 1.807) is 45.0 Å². The molecule has 11 heteroatoms. The molecule has 1 aromatic heterocycles. The fourth-order valence-corrected chi connectivity index (χ4v) is 4.07. The van der Waals surface area contributed by atoms with Gasteiger partial charge in [0.05, 0.1) is 11.2 Å². The van der Waals surface area contributed by atoms with Gasteiger partial charge in [0.1, 0.15) is 11.6 Å². The van der Waals surface area contributed by atoms with Crippen LogP contribution < -0.4 is 15.7 Å². The van der Waals surface area contributed by atoms with Gasteiger partial charge >= 0.3 is 13.2 Å². The normalized spacial score (nSPS) is 22.5. The number of hydrogen-bond donors (Lipinski definition) is 1. The van der Waals surface area contributed by atoms with E-state index in [0.29, 0.717) is 19.0 Å². The van der Waals surface area contributed by atoms with E-state index in [9.17, 15) is 9.59 Å². The quantitative estimate of drug-likeness (QED) is 0.627. The molecule has 0 aliphatic carbocycles. The predicted octanol–water partition coefficient (Wildman–Crippen LogP) is 2.12. The van der Waals surface area contributed by atoms with Gasteiger partial charge in [0.2, 0.25) is 11.9 Å². The molecule has 0 spiro atoms. The van der Waals surface area contributed by atoms with Crippen LogP contribution in [0.25, 0.3) is 0 Å². The summed E-state index contributed by atoms with van der Waals surface area (Å²) >= 11 is 0. The summed E-state index contributed by atoms with van der Waals surface area (Å²) < 4.78 is 17.4. The number of amides is 2. The number of likely N-dealkylation sites (N-methyl/N-ethyl adjacent to an activating group) is 1. The van der Waals surface area contributed by atoms with Crippen molar-refractivity contribution in [2.45, 2.75) is 97.1 Å². The van der Waals surface area contributed by atoms with Crippen LogP contribution in [-0.4, -0.2) is 83.0 Å². The minimum absolute atomic E-state index is 0.0594. The first-order chi connectivity index (χ1) is 16.1. The second-order valence-corrected chi connectivity index (χ2v) is 11.5. The van der Waals surface area contributed by atoms with Gasteiger partial charge in [-0.25, -0.2) is 14.8 Å². The van der Waals surface area contributed by atoms with Crippen LogP contribution in [0.4, 0.5) is 10.7 Å². The molecule has 10 nitrogen and oxygen atoms in total. The summed E-state index contributed by atoms with van der Waals surface area (Å²) in [6.45, 7) is 16.2. The highest BCUT2D eigenvalue weighted by Gasteiger charge is 2.52. The predicted molar refractivity (Wildman–Crippen MR) is 135 cm³/mol. The zero-order valence-corrected chi connectivity index (χ0v) is 22.5. The van der Waals surface area contributed by atoms with Gasteiger partial charge in [0.25, 0.3) is 0 Å². The summed E-state index contributed by atoms with van der Waals surface area (Å²) in [5, 5.41) is 2.64. The summed E-state index contributed by atoms with van der Waals surface area (Å²) in [4.78, 5) is 37.9. The van der Waals surface area contributed by atoms with Crippen molar-refractivity contribution in [2.75, 3.05) is 25.0 Å². The molecular formula is C24H40BN5O5. The summed E-state index contributed by atoms with van der Waals surface area (Å²) in [5.41, 5.74) is -0.714. The number of aromatic nitrogens is 2. The smallest absolute Gasteiger partial charge is 0.444 e. The Balaban J connectivity index is 1.59. The van der Waals surface area contributed by atoms with E-state index in [1.165, 1.54) is 0 Å². The van der Waals surface area contributed by atoms with Crippen LogP contribution in [0.15, 0.2) is 12.4 Å². The fraction of sp³-hybridized carbons (Fsp3) is 0.750. The molecule has 0 bridgehead atoms. The topological polar surface area (TPSA) is 106 Å². The van der Waals surface area contributed by atoms with Crippen molar-refractivity contribution in [3.8, 4) is 0 Å². The molecule has 2 saturated heterocycles. The van der Waals surface area contributed by atoms with E-state index in [2.05, 4.69) is 15.3 Å². The second-order valence-electron chi connectivity index (χ2n) is 11.5. The lowest BCUT2D eigenvalue weighted by Crippen LogP contribution is -2.54. The van der Waals surface area contributed by atoms with Crippen molar-refractivity contribution in [3.05, 3.63) is 12.4 Å². The van der Waals surface area contributed by atoms with Crippen molar-refractivity contribution < 1.29 is 23.6 Å². The standard InChI is InChI=1S/C24H40BN5O5/c1-16(28-21(32)33-22(2,3)4)19(31)30-12-10-11-18(15-30)29(9)20-26-13-17(14-27-20)25-34-23(5,6)24(7,8)35-25/h13-14,16,18H,10-12,15H2,1-9H3,(H,28,32)/t16-,18-/m1/s1. The largest absolute Gasteiger partial charge is 0.498 e. The molecule has 3 heterocycles. The molecule has 2 aliphatic rings. The third kappa shape index (κ3) is 6.44. The third-order valence-electron chi connectivity index (χ3n) is 6.86. The Morgan fingerprint density at radius 1 is 1.20 bits per heavy atom. The Hall–Kier alpha value is -2.40. The van der Waals surface area contributed by atoms with Gasteiger partial charge in [0.15, 0.2) is 0 Å². The zero-order chi connectivity index (χ0) is 26.2. The monoisotopic (exact) mass is 489 g/mol. The molecule has 0 saturated carbocycles. The van der Waals surface area contributed by atoms with Crippen molar-refractivity contribution in [1.29, 1.82) is 0 Å². The lowest BCUT2D eigenvalue weighted by molar-refractivity contribution is -0.134. The van der Waals surface area contributed by atoms with Crippen molar-refractivity contribution in [1.82, 2.24) is 20.2 Å². The number of alkyl carbamates (subject to hydrolysis) is 1. The Labute approximate surface area is 209 Å². The van der Waals surface area contributed by atoms with Gasteiger partial charge in [-0.3, -0.25) is 4.79 Å². The lowest BCUT2D eigenvalue weighted by Gasteiger charge is -2.38. The van der Waals surface area contributed by atoms with E-state index >= 15 is 0 Å². The molecular weight excluding hydrogens is 449 g/mol. The highest BCUT2D eigenvalue weighted by atomic mass is 16.7. The Morgan fingerprint density at radius 3 is 2.31 bits per heavy atom. The molecule has 0 aromatic carbocycles. The van der Waals surface area contributed by atoms with E-state index in [4.69, 9.17) is 14.0 Å². The molecule has 2 atom stereocenters. The fourth-order valence-electron chi connectivity index (χ4n) is 4.07. The van der Waals surface area contributed by atoms with Crippen molar-refractivity contribution in [3.63, 3.8) is 0 Å². The molecule has 194 valence electrons. The summed E-state index contributed by atoms with van der Waals surface area (Å²) in [5.74, 6) is 0.440. The minimum atomic E-state index is -0.677. The molecule has 2 fully saturated rings. The maximum absolute atomic E-state index is 13.0. The maximum Gasteiger partial charge on any atom is 0.498 e. The maximum atomic E-state index is 13.0. The summed E-state index contributed by atoms with van der Waals surface area (Å²) in [6.07, 6.45) is 4.64. The summed E-state index contributed by atoms with van der Waals surface area (Å²) in [7, 11) is 1.42. The number of anilines is 1. The zero-order valence-electron chi connectivity index (χ0n) is 22.5. The van der Waals surface area contributed by atoms with Crippen LogP contribution in [0.1, 0.15) is 68.2 Å². The Bertz CT molecular complexity index is 902. The first-order valence-electron chi connectivity index (χ1n) is 12.3. The molecule has 35 heavy (non-hydrogen) atoms. The molecule has 2 amide bonds. The molecule has 1 N–H and O–H groups in total. The average Bonchev–Trinajstić information content (AvgIpc) is 2.98. The van der Waals surface area contributed by atoms with Crippen LogP contribution in [0, 0.1) is 0 Å². The van der Waals surface area contributed by atoms with E-state index < -0.39 is 36.1 Å². The van der Waals surface area contributed by atoms with Crippen LogP contribution in [0.3, 0.4) is 0 Å². The van der Waals surface area contributed by atoms with Crippen molar-refractivity contribution >= 4 is 30.5 Å². The summed E-state index contributed by atoms with van der Waals surface area (Å²) in [6, 6.07) is -0.617. The molecule has 0 radical (unpaired) electrons. The van der Waals surface area contributed by atoms with Gasteiger partial charge in [0, 0.05) is 44.0 Å². The lowest BCUT2D eigenvalue weighted by atomic mass is 9.81. The van der Waals surface area contributed by atoms with Crippen LogP contribution in [0.2, 0.25) is 0 Å². The number of ether oxygens (including phenoxy) is 1. The second kappa shape index (κ2) is 9.93. The number of nitrogens with zero attached hydrogens (tertiary/aromatic N) is 4. The van der Waals surface area contributed by atoms with Gasteiger partial charge in [-0.2, -0.15) is 0 Å². The van der Waals surface area contributed by atoms with Crippen LogP contribution >= 0.6 is 0 Å². The average molecular weight is 489 g/mol. The number of likely N-dealkylation sites (tertiary alicyclic amines) is 1. The number of carbonyl (C=O) groups is 2. The molecule has 1 aromatic rings. The number of hydrogen-bond acceptors (Lipinski definition) is 8. The van der Waals surface area contributed by atoms with Gasteiger partial charge in [-0.15, -0.1) is 0 Å². The van der Waals surface area contributed by atoms with Gasteiger partial charge < -0.3 is 29.2 Å². The number of rotatable bonds is 5. The molecule has 3 rings (SSSR count).